The summed E-state index contributed by atoms with van der Waals surface area (Å²) in [5.41, 5.74) is 7.09. The average Bonchev–Trinajstić information content (AvgIpc) is 2.98. The third-order valence-electron chi connectivity index (χ3n) is 3.76. The number of nitrogens with zero attached hydrogens (tertiary/aromatic N) is 2. The minimum Gasteiger partial charge on any atom is -0.322 e. The second kappa shape index (κ2) is 6.82. The van der Waals surface area contributed by atoms with Crippen LogP contribution in [0.2, 0.25) is 0 Å². The molecule has 0 bridgehead atoms. The van der Waals surface area contributed by atoms with Gasteiger partial charge >= 0.3 is 0 Å². The molecule has 4 heteroatoms. The van der Waals surface area contributed by atoms with Crippen LogP contribution in [-0.4, -0.2) is 22.5 Å². The van der Waals surface area contributed by atoms with E-state index in [1.54, 1.807) is 11.3 Å². The molecular formula is C15H27N3S. The quantitative estimate of drug-likeness (QED) is 0.867. The Hall–Kier alpha value is -0.450. The number of hydrogen-bond donors (Lipinski definition) is 1. The van der Waals surface area contributed by atoms with Gasteiger partial charge in [0.05, 0.1) is 11.7 Å². The van der Waals surface area contributed by atoms with Gasteiger partial charge in [0, 0.05) is 24.5 Å². The predicted octanol–water partition coefficient (Wildman–Crippen LogP) is 3.56. The van der Waals surface area contributed by atoms with Crippen LogP contribution < -0.4 is 5.73 Å². The summed E-state index contributed by atoms with van der Waals surface area (Å²) in [4.78, 5) is 7.32. The molecule has 0 amide bonds. The fraction of sp³-hybridized carbons (Fsp3) is 0.800. The van der Waals surface area contributed by atoms with Crippen LogP contribution in [-0.2, 0) is 6.54 Å². The minimum atomic E-state index is 0.0591. The molecule has 1 aliphatic rings. The van der Waals surface area contributed by atoms with Gasteiger partial charge in [-0.15, -0.1) is 11.3 Å². The van der Waals surface area contributed by atoms with Gasteiger partial charge in [0.1, 0.15) is 5.01 Å². The lowest BCUT2D eigenvalue weighted by atomic mass is 10.1. The third kappa shape index (κ3) is 4.26. The van der Waals surface area contributed by atoms with Gasteiger partial charge in [-0.2, -0.15) is 0 Å². The molecule has 1 atom stereocenters. The number of nitrogens with two attached hydrogens (primary N) is 1. The fourth-order valence-corrected chi connectivity index (χ4v) is 3.66. The van der Waals surface area contributed by atoms with E-state index in [4.69, 9.17) is 5.73 Å². The normalized spacial score (nSPS) is 18.6. The Balaban J connectivity index is 2.01. The topological polar surface area (TPSA) is 42.1 Å². The van der Waals surface area contributed by atoms with Crippen LogP contribution in [0.25, 0.3) is 0 Å². The first-order valence-electron chi connectivity index (χ1n) is 7.50. The Kier molecular flexibility index (Phi) is 5.37. The van der Waals surface area contributed by atoms with E-state index < -0.39 is 0 Å². The van der Waals surface area contributed by atoms with Crippen molar-refractivity contribution in [3.63, 3.8) is 0 Å². The van der Waals surface area contributed by atoms with Crippen LogP contribution in [0.5, 0.6) is 0 Å². The van der Waals surface area contributed by atoms with Crippen LogP contribution in [0.4, 0.5) is 0 Å². The van der Waals surface area contributed by atoms with E-state index in [2.05, 4.69) is 29.1 Å². The van der Waals surface area contributed by atoms with Crippen LogP contribution >= 0.6 is 11.3 Å². The molecule has 0 aromatic carbocycles. The molecule has 1 aromatic rings. The van der Waals surface area contributed by atoms with Gasteiger partial charge in [0.2, 0.25) is 0 Å². The highest BCUT2D eigenvalue weighted by Crippen LogP contribution is 2.26. The summed E-state index contributed by atoms with van der Waals surface area (Å²) in [5, 5.41) is 3.24. The number of hydrogen-bond acceptors (Lipinski definition) is 4. The summed E-state index contributed by atoms with van der Waals surface area (Å²) in [6.07, 6.45) is 5.50. The van der Waals surface area contributed by atoms with Crippen LogP contribution in [0.3, 0.4) is 0 Å². The van der Waals surface area contributed by atoms with E-state index in [9.17, 15) is 0 Å². The molecule has 1 aliphatic carbocycles. The third-order valence-corrected chi connectivity index (χ3v) is 4.86. The van der Waals surface area contributed by atoms with Gasteiger partial charge in [0.25, 0.3) is 0 Å². The Morgan fingerprint density at radius 2 is 2.05 bits per heavy atom. The van der Waals surface area contributed by atoms with E-state index in [0.717, 1.165) is 17.6 Å². The van der Waals surface area contributed by atoms with Crippen molar-refractivity contribution in [2.24, 2.45) is 11.7 Å². The van der Waals surface area contributed by atoms with Crippen molar-refractivity contribution in [3.8, 4) is 0 Å². The second-order valence-corrected chi connectivity index (χ2v) is 7.12. The lowest BCUT2D eigenvalue weighted by Crippen LogP contribution is -2.35. The van der Waals surface area contributed by atoms with Crippen molar-refractivity contribution in [1.82, 2.24) is 9.88 Å². The van der Waals surface area contributed by atoms with Gasteiger partial charge in [-0.25, -0.2) is 4.98 Å². The Bertz CT molecular complexity index is 380. The van der Waals surface area contributed by atoms with E-state index in [-0.39, 0.29) is 6.04 Å². The highest BCUT2D eigenvalue weighted by Gasteiger charge is 2.24. The molecule has 1 aromatic heterocycles. The highest BCUT2D eigenvalue weighted by atomic mass is 32.1. The molecule has 19 heavy (non-hydrogen) atoms. The molecule has 1 saturated carbocycles. The summed E-state index contributed by atoms with van der Waals surface area (Å²) in [6.45, 7) is 8.78. The van der Waals surface area contributed by atoms with Crippen molar-refractivity contribution in [3.05, 3.63) is 16.1 Å². The largest absolute Gasteiger partial charge is 0.322 e. The van der Waals surface area contributed by atoms with Crippen molar-refractivity contribution in [1.29, 1.82) is 0 Å². The minimum absolute atomic E-state index is 0.0591. The molecule has 0 saturated heterocycles. The zero-order chi connectivity index (χ0) is 13.8. The van der Waals surface area contributed by atoms with Crippen LogP contribution in [0.15, 0.2) is 5.38 Å². The lowest BCUT2D eigenvalue weighted by molar-refractivity contribution is 0.167. The highest BCUT2D eigenvalue weighted by molar-refractivity contribution is 7.09. The molecular weight excluding hydrogens is 254 g/mol. The fourth-order valence-electron chi connectivity index (χ4n) is 2.89. The predicted molar refractivity (Wildman–Crippen MR) is 82.2 cm³/mol. The second-order valence-electron chi connectivity index (χ2n) is 6.23. The van der Waals surface area contributed by atoms with Gasteiger partial charge < -0.3 is 5.73 Å². The van der Waals surface area contributed by atoms with Crippen molar-refractivity contribution >= 4 is 11.3 Å². The zero-order valence-corrected chi connectivity index (χ0v) is 13.2. The molecule has 1 unspecified atom stereocenters. The first-order valence-corrected chi connectivity index (χ1v) is 8.38. The number of rotatable bonds is 6. The summed E-state index contributed by atoms with van der Waals surface area (Å²) >= 11 is 1.70. The summed E-state index contributed by atoms with van der Waals surface area (Å²) in [5.74, 6) is 0.715. The summed E-state index contributed by atoms with van der Waals surface area (Å²) in [7, 11) is 0. The van der Waals surface area contributed by atoms with Crippen molar-refractivity contribution in [2.45, 2.75) is 65.1 Å². The van der Waals surface area contributed by atoms with E-state index >= 15 is 0 Å². The standard InChI is InChI=1S/C15H27N3S/c1-11(2)8-18(14-6-4-5-7-14)9-13-10-19-15(17-13)12(3)16/h10-12,14H,4-9,16H2,1-3H3. The molecule has 1 fully saturated rings. The Labute approximate surface area is 121 Å². The smallest absolute Gasteiger partial charge is 0.109 e. The zero-order valence-electron chi connectivity index (χ0n) is 12.4. The molecule has 0 aliphatic heterocycles. The maximum Gasteiger partial charge on any atom is 0.109 e. The molecule has 2 rings (SSSR count). The Morgan fingerprint density at radius 3 is 2.58 bits per heavy atom. The Morgan fingerprint density at radius 1 is 1.37 bits per heavy atom. The van der Waals surface area contributed by atoms with E-state index in [1.807, 2.05) is 6.92 Å². The van der Waals surface area contributed by atoms with Gasteiger partial charge in [-0.1, -0.05) is 26.7 Å². The summed E-state index contributed by atoms with van der Waals surface area (Å²) < 4.78 is 0. The average molecular weight is 281 g/mol. The monoisotopic (exact) mass is 281 g/mol. The maximum absolute atomic E-state index is 5.90. The SMILES string of the molecule is CC(C)CN(Cc1csc(C(C)N)n1)C1CCCC1. The molecule has 0 radical (unpaired) electrons. The van der Waals surface area contributed by atoms with Gasteiger partial charge in [0.15, 0.2) is 0 Å². The van der Waals surface area contributed by atoms with E-state index in [0.29, 0.717) is 5.92 Å². The first-order chi connectivity index (χ1) is 9.06. The number of aromatic nitrogens is 1. The van der Waals surface area contributed by atoms with Crippen molar-refractivity contribution < 1.29 is 0 Å². The maximum atomic E-state index is 5.90. The van der Waals surface area contributed by atoms with E-state index in [1.165, 1.54) is 37.9 Å². The van der Waals surface area contributed by atoms with Crippen LogP contribution in [0, 0.1) is 5.92 Å². The number of thiazole rings is 1. The molecule has 0 spiro atoms. The first kappa shape index (κ1) is 14.9. The van der Waals surface area contributed by atoms with Crippen molar-refractivity contribution in [2.75, 3.05) is 6.54 Å². The van der Waals surface area contributed by atoms with Gasteiger partial charge in [-0.05, 0) is 25.7 Å². The molecule has 2 N–H and O–H groups in total. The molecule has 1 heterocycles. The summed E-state index contributed by atoms with van der Waals surface area (Å²) in [6, 6.07) is 0.826. The lowest BCUT2D eigenvalue weighted by Gasteiger charge is -2.29. The molecule has 3 nitrogen and oxygen atoms in total. The van der Waals surface area contributed by atoms with Crippen LogP contribution in [0.1, 0.15) is 63.2 Å². The van der Waals surface area contributed by atoms with Gasteiger partial charge in [-0.3, -0.25) is 4.90 Å². The molecule has 108 valence electrons.